The van der Waals surface area contributed by atoms with E-state index in [0.29, 0.717) is 6.61 Å². The Kier molecular flexibility index (Phi) is 4.58. The summed E-state index contributed by atoms with van der Waals surface area (Å²) in [6.07, 6.45) is 3.33. The molecule has 1 aromatic carbocycles. The van der Waals surface area contributed by atoms with Crippen molar-refractivity contribution in [2.75, 3.05) is 20.7 Å². The average molecular weight is 219 g/mol. The van der Waals surface area contributed by atoms with Crippen molar-refractivity contribution in [3.05, 3.63) is 35.9 Å². The quantitative estimate of drug-likeness (QED) is 0.726. The minimum absolute atomic E-state index is 0.0261. The summed E-state index contributed by atoms with van der Waals surface area (Å²) in [5, 5.41) is 0. The molecule has 1 rings (SSSR count). The van der Waals surface area contributed by atoms with Crippen molar-refractivity contribution >= 4 is 12.0 Å². The fourth-order valence-electron chi connectivity index (χ4n) is 1.19. The van der Waals surface area contributed by atoms with Crippen molar-refractivity contribution in [2.45, 2.75) is 6.92 Å². The molecule has 1 amide bonds. The molecule has 16 heavy (non-hydrogen) atoms. The van der Waals surface area contributed by atoms with Crippen molar-refractivity contribution in [1.82, 2.24) is 4.90 Å². The fourth-order valence-corrected chi connectivity index (χ4v) is 1.19. The van der Waals surface area contributed by atoms with E-state index in [1.54, 1.807) is 26.2 Å². The second-order valence-electron chi connectivity index (χ2n) is 3.57. The minimum atomic E-state index is -0.0261. The molecule has 3 heteroatoms. The highest BCUT2D eigenvalue weighted by molar-refractivity contribution is 5.91. The predicted molar refractivity (Wildman–Crippen MR) is 65.3 cm³/mol. The lowest BCUT2D eigenvalue weighted by atomic mass is 10.2. The third-order valence-electron chi connectivity index (χ3n) is 2.03. The molecule has 0 unspecified atom stereocenters. The molecule has 0 aliphatic carbocycles. The Morgan fingerprint density at radius 1 is 1.44 bits per heavy atom. The maximum Gasteiger partial charge on any atom is 0.246 e. The van der Waals surface area contributed by atoms with Gasteiger partial charge in [0, 0.05) is 20.2 Å². The molecule has 86 valence electrons. The van der Waals surface area contributed by atoms with Crippen molar-refractivity contribution in [3.63, 3.8) is 0 Å². The number of carbonyl (C=O) groups is 1. The van der Waals surface area contributed by atoms with Crippen molar-refractivity contribution in [3.8, 4) is 5.75 Å². The first-order chi connectivity index (χ1) is 7.63. The lowest BCUT2D eigenvalue weighted by Gasteiger charge is -2.06. The van der Waals surface area contributed by atoms with Crippen molar-refractivity contribution in [1.29, 1.82) is 0 Å². The van der Waals surface area contributed by atoms with Gasteiger partial charge in [-0.1, -0.05) is 12.1 Å². The maximum atomic E-state index is 11.3. The molecule has 3 nitrogen and oxygen atoms in total. The summed E-state index contributed by atoms with van der Waals surface area (Å²) in [6, 6.07) is 7.64. The van der Waals surface area contributed by atoms with Gasteiger partial charge in [0.1, 0.15) is 5.75 Å². The van der Waals surface area contributed by atoms with Gasteiger partial charge in [-0.3, -0.25) is 4.79 Å². The summed E-state index contributed by atoms with van der Waals surface area (Å²) in [4.78, 5) is 12.9. The van der Waals surface area contributed by atoms with E-state index in [4.69, 9.17) is 4.74 Å². The summed E-state index contributed by atoms with van der Waals surface area (Å²) in [7, 11) is 3.45. The van der Waals surface area contributed by atoms with E-state index in [-0.39, 0.29) is 5.91 Å². The summed E-state index contributed by atoms with van der Waals surface area (Å²) >= 11 is 0. The molecule has 0 heterocycles. The van der Waals surface area contributed by atoms with Gasteiger partial charge in [-0.25, -0.2) is 0 Å². The first kappa shape index (κ1) is 12.3. The summed E-state index contributed by atoms with van der Waals surface area (Å²) in [6.45, 7) is 2.59. The minimum Gasteiger partial charge on any atom is -0.494 e. The molecule has 1 aromatic rings. The smallest absolute Gasteiger partial charge is 0.246 e. The van der Waals surface area contributed by atoms with Crippen LogP contribution in [-0.2, 0) is 4.79 Å². The Balaban J connectivity index is 2.73. The fraction of sp³-hybridized carbons (Fsp3) is 0.308. The summed E-state index contributed by atoms with van der Waals surface area (Å²) < 4.78 is 5.37. The number of likely N-dealkylation sites (N-methyl/N-ethyl adjacent to an activating group) is 1. The standard InChI is InChI=1S/C13H17NO2/c1-4-16-12-7-5-6-11(10-12)8-9-13(15)14(2)3/h5-10H,4H2,1-3H3/b9-8+. The monoisotopic (exact) mass is 219 g/mol. The Morgan fingerprint density at radius 2 is 2.19 bits per heavy atom. The highest BCUT2D eigenvalue weighted by Gasteiger charge is 1.97. The van der Waals surface area contributed by atoms with E-state index in [0.717, 1.165) is 11.3 Å². The molecule has 0 bridgehead atoms. The van der Waals surface area contributed by atoms with Crippen LogP contribution in [-0.4, -0.2) is 31.5 Å². The number of amides is 1. The molecule has 0 fully saturated rings. The van der Waals surface area contributed by atoms with Gasteiger partial charge in [0.2, 0.25) is 5.91 Å². The zero-order valence-electron chi connectivity index (χ0n) is 9.93. The molecule has 0 N–H and O–H groups in total. The van der Waals surface area contributed by atoms with E-state index in [9.17, 15) is 4.79 Å². The number of benzene rings is 1. The molecule has 0 saturated carbocycles. The third kappa shape index (κ3) is 3.77. The van der Waals surface area contributed by atoms with E-state index in [1.807, 2.05) is 31.2 Å². The highest BCUT2D eigenvalue weighted by Crippen LogP contribution is 2.14. The van der Waals surface area contributed by atoms with Crippen LogP contribution in [0.5, 0.6) is 5.75 Å². The van der Waals surface area contributed by atoms with Gasteiger partial charge >= 0.3 is 0 Å². The van der Waals surface area contributed by atoms with Gasteiger partial charge in [-0.15, -0.1) is 0 Å². The van der Waals surface area contributed by atoms with Gasteiger partial charge in [0.25, 0.3) is 0 Å². The molecule has 0 aliphatic heterocycles. The normalized spacial score (nSPS) is 10.4. The molecule has 0 aromatic heterocycles. The maximum absolute atomic E-state index is 11.3. The number of hydrogen-bond donors (Lipinski definition) is 0. The van der Waals surface area contributed by atoms with Gasteiger partial charge in [-0.05, 0) is 30.7 Å². The average Bonchev–Trinajstić information content (AvgIpc) is 2.26. The van der Waals surface area contributed by atoms with Crippen LogP contribution in [0.4, 0.5) is 0 Å². The summed E-state index contributed by atoms with van der Waals surface area (Å²) in [5.74, 6) is 0.795. The van der Waals surface area contributed by atoms with Crippen LogP contribution in [0.25, 0.3) is 6.08 Å². The molecular formula is C13H17NO2. The zero-order chi connectivity index (χ0) is 12.0. The molecule has 0 radical (unpaired) electrons. The van der Waals surface area contributed by atoms with Crippen LogP contribution < -0.4 is 4.74 Å². The van der Waals surface area contributed by atoms with Gasteiger partial charge in [0.05, 0.1) is 6.61 Å². The molecule has 0 saturated heterocycles. The van der Waals surface area contributed by atoms with E-state index < -0.39 is 0 Å². The Hall–Kier alpha value is -1.77. The number of ether oxygens (including phenoxy) is 1. The largest absolute Gasteiger partial charge is 0.494 e. The van der Waals surface area contributed by atoms with Crippen molar-refractivity contribution in [2.24, 2.45) is 0 Å². The SMILES string of the molecule is CCOc1cccc(/C=C/C(=O)N(C)C)c1. The second-order valence-corrected chi connectivity index (χ2v) is 3.57. The lowest BCUT2D eigenvalue weighted by molar-refractivity contribution is -0.123. The topological polar surface area (TPSA) is 29.5 Å². The van der Waals surface area contributed by atoms with Crippen molar-refractivity contribution < 1.29 is 9.53 Å². The number of hydrogen-bond acceptors (Lipinski definition) is 2. The van der Waals surface area contributed by atoms with Crippen LogP contribution in [0.2, 0.25) is 0 Å². The van der Waals surface area contributed by atoms with E-state index >= 15 is 0 Å². The van der Waals surface area contributed by atoms with Crippen LogP contribution in [0.15, 0.2) is 30.3 Å². The van der Waals surface area contributed by atoms with Gasteiger partial charge < -0.3 is 9.64 Å². The molecule has 0 atom stereocenters. The highest BCUT2D eigenvalue weighted by atomic mass is 16.5. The number of nitrogens with zero attached hydrogens (tertiary/aromatic N) is 1. The Labute approximate surface area is 96.3 Å². The number of rotatable bonds is 4. The van der Waals surface area contributed by atoms with E-state index in [2.05, 4.69) is 0 Å². The van der Waals surface area contributed by atoms with Gasteiger partial charge in [-0.2, -0.15) is 0 Å². The Morgan fingerprint density at radius 3 is 2.81 bits per heavy atom. The zero-order valence-corrected chi connectivity index (χ0v) is 9.93. The molecule has 0 spiro atoms. The van der Waals surface area contributed by atoms with Crippen LogP contribution >= 0.6 is 0 Å². The first-order valence-corrected chi connectivity index (χ1v) is 5.25. The van der Waals surface area contributed by atoms with Crippen LogP contribution in [0.1, 0.15) is 12.5 Å². The first-order valence-electron chi connectivity index (χ1n) is 5.25. The van der Waals surface area contributed by atoms with E-state index in [1.165, 1.54) is 4.90 Å². The number of carbonyl (C=O) groups excluding carboxylic acids is 1. The third-order valence-corrected chi connectivity index (χ3v) is 2.03. The summed E-state index contributed by atoms with van der Waals surface area (Å²) in [5.41, 5.74) is 0.959. The lowest BCUT2D eigenvalue weighted by Crippen LogP contribution is -2.18. The molecule has 0 aliphatic rings. The van der Waals surface area contributed by atoms with Crippen LogP contribution in [0, 0.1) is 0 Å². The van der Waals surface area contributed by atoms with Crippen LogP contribution in [0.3, 0.4) is 0 Å². The van der Waals surface area contributed by atoms with Gasteiger partial charge in [0.15, 0.2) is 0 Å². The Bertz CT molecular complexity index is 383. The second kappa shape index (κ2) is 5.95. The predicted octanol–water partition coefficient (Wildman–Crippen LogP) is 2.19. The molecular weight excluding hydrogens is 202 g/mol.